The van der Waals surface area contributed by atoms with Gasteiger partial charge in [-0.2, -0.15) is 0 Å². The lowest BCUT2D eigenvalue weighted by Crippen LogP contribution is -1.91. The van der Waals surface area contributed by atoms with Gasteiger partial charge < -0.3 is 4.42 Å². The van der Waals surface area contributed by atoms with Crippen LogP contribution in [0.2, 0.25) is 0 Å². The summed E-state index contributed by atoms with van der Waals surface area (Å²) < 4.78 is 267. The largest absolute Gasteiger partial charge is 0.455 e. The molecule has 228 valence electrons. The molecule has 0 atom stereocenters. The van der Waals surface area contributed by atoms with Crippen molar-refractivity contribution in [2.24, 2.45) is 0 Å². The minimum absolute atomic E-state index is 0.552. The molecule has 49 heavy (non-hydrogen) atoms. The molecule has 0 saturated heterocycles. The summed E-state index contributed by atoms with van der Waals surface area (Å²) in [6, 6.07) is -25.6. The molecule has 0 N–H and O–H groups in total. The van der Waals surface area contributed by atoms with Gasteiger partial charge in [0.25, 0.3) is 0 Å². The van der Waals surface area contributed by atoms with E-state index in [1.54, 1.807) is 0 Å². The Hall–Kier alpha value is -6.44. The Morgan fingerprint density at radius 1 is 0.347 bits per heavy atom. The van der Waals surface area contributed by atoms with Crippen LogP contribution in [0.25, 0.3) is 98.8 Å². The van der Waals surface area contributed by atoms with Crippen LogP contribution in [0.1, 0.15) is 39.8 Å². The third-order valence-electron chi connectivity index (χ3n) is 7.94. The van der Waals surface area contributed by atoms with E-state index in [0.29, 0.717) is 0 Å². The molecular formula is C48H30O. The molecule has 0 aliphatic carbocycles. The van der Waals surface area contributed by atoms with Crippen molar-refractivity contribution in [3.05, 3.63) is 181 Å². The van der Waals surface area contributed by atoms with Crippen LogP contribution in [0.3, 0.4) is 0 Å². The SMILES string of the molecule is [2H]c1cc(-c2c([2H])c([2H])c([2H])c3c([2H])c([2H])c([2H])c([2H])c23)c([2H])c(-c2c3c([2H])c([2H])c([2H])c([2H])c3c(-c3c([2H])c([2H])c([2H])c4c3oc3c([2H])c(-c5c([2H])c([2H])c([2H])c([2H])c5[2H])c([2H])c([2H])c34)c3c([2H])c([2H])c([2H])c([2H])c23)c1[2H]. The predicted octanol–water partition coefficient (Wildman–Crippen LogP) is 13.7. The van der Waals surface area contributed by atoms with Crippen LogP contribution in [0.15, 0.2) is 186 Å². The van der Waals surface area contributed by atoms with E-state index in [4.69, 9.17) is 31.8 Å². The van der Waals surface area contributed by atoms with E-state index in [2.05, 4.69) is 0 Å². The van der Waals surface area contributed by atoms with Crippen molar-refractivity contribution in [2.45, 2.75) is 0 Å². The van der Waals surface area contributed by atoms with Gasteiger partial charge in [0, 0.05) is 21.9 Å². The second kappa shape index (κ2) is 11.1. The molecule has 0 bridgehead atoms. The normalized spacial score (nSPS) is 20.0. The summed E-state index contributed by atoms with van der Waals surface area (Å²) >= 11 is 0. The summed E-state index contributed by atoms with van der Waals surface area (Å²) in [5, 5.41) is -5.24. The lowest BCUT2D eigenvalue weighted by molar-refractivity contribution is 0.670. The highest BCUT2D eigenvalue weighted by Gasteiger charge is 2.20. The molecule has 0 fully saturated rings. The zero-order valence-corrected chi connectivity index (χ0v) is 24.5. The fraction of sp³-hybridized carbons (Fsp3) is 0. The quantitative estimate of drug-likeness (QED) is 0.173. The monoisotopic (exact) mass is 651 g/mol. The standard InChI is InChI=1S/C48H30O/c1-2-13-31(14-3-1)33-27-28-38-43-25-12-26-44(48(43)49-45(38)30-33)47-41-22-8-6-20-39(41)46(40-21-7-9-23-42(40)47)35-18-10-17-34(29-35)37-24-11-16-32-15-4-5-19-36(32)37/h1-30H/i1D,2D,3D,4D,5D,6D,7D,8D,9D,10D,11D,12D,13D,14D,15D,16D,18D,19D,20D,21D,22D,23D,24D,25D,26D,27D,28D,29D,30D. The van der Waals surface area contributed by atoms with Crippen molar-refractivity contribution in [3.8, 4) is 44.5 Å². The van der Waals surface area contributed by atoms with E-state index in [1.807, 2.05) is 0 Å². The predicted molar refractivity (Wildman–Crippen MR) is 208 cm³/mol. The summed E-state index contributed by atoms with van der Waals surface area (Å²) in [4.78, 5) is 0. The lowest BCUT2D eigenvalue weighted by Gasteiger charge is -2.18. The molecule has 1 nitrogen and oxygen atoms in total. The minimum Gasteiger partial charge on any atom is -0.455 e. The Morgan fingerprint density at radius 2 is 0.939 bits per heavy atom. The van der Waals surface area contributed by atoms with Gasteiger partial charge in [-0.1, -0.05) is 163 Å². The number of hydrogen-bond acceptors (Lipinski definition) is 1. The van der Waals surface area contributed by atoms with Crippen LogP contribution in [0.5, 0.6) is 0 Å². The Balaban J connectivity index is 1.47. The Labute approximate surface area is 325 Å². The molecule has 1 heteroatoms. The van der Waals surface area contributed by atoms with Gasteiger partial charge in [-0.25, -0.2) is 0 Å². The highest BCUT2D eigenvalue weighted by Crippen LogP contribution is 2.47. The Bertz CT molecular complexity index is 4420. The van der Waals surface area contributed by atoms with Crippen molar-refractivity contribution in [1.29, 1.82) is 0 Å². The van der Waals surface area contributed by atoms with Crippen molar-refractivity contribution in [3.63, 3.8) is 0 Å². The van der Waals surface area contributed by atoms with Crippen molar-refractivity contribution >= 4 is 54.3 Å². The van der Waals surface area contributed by atoms with E-state index in [-0.39, 0.29) is 0 Å². The average molecular weight is 652 g/mol. The molecule has 1 heterocycles. The van der Waals surface area contributed by atoms with Gasteiger partial charge in [-0.15, -0.1) is 0 Å². The van der Waals surface area contributed by atoms with Gasteiger partial charge in [-0.05, 0) is 83.8 Å². The molecule has 0 spiro atoms. The first-order chi connectivity index (χ1) is 36.4. The van der Waals surface area contributed by atoms with Crippen LogP contribution >= 0.6 is 0 Å². The second-order valence-corrected chi connectivity index (χ2v) is 10.6. The van der Waals surface area contributed by atoms with E-state index in [1.165, 1.54) is 0 Å². The topological polar surface area (TPSA) is 13.1 Å². The number of benzene rings is 9. The molecule has 10 aromatic rings. The van der Waals surface area contributed by atoms with Crippen LogP contribution in [0, 0.1) is 0 Å². The average Bonchev–Trinajstić information content (AvgIpc) is 3.75. The highest BCUT2D eigenvalue weighted by atomic mass is 16.3. The van der Waals surface area contributed by atoms with Gasteiger partial charge in [0.15, 0.2) is 0 Å². The number of para-hydroxylation sites is 1. The van der Waals surface area contributed by atoms with Gasteiger partial charge in [-0.3, -0.25) is 0 Å². The first-order valence-electron chi connectivity index (χ1n) is 29.0. The van der Waals surface area contributed by atoms with Gasteiger partial charge >= 0.3 is 0 Å². The maximum absolute atomic E-state index is 9.87. The Morgan fingerprint density at radius 3 is 1.71 bits per heavy atom. The van der Waals surface area contributed by atoms with Crippen LogP contribution < -0.4 is 0 Å². The highest BCUT2D eigenvalue weighted by molar-refractivity contribution is 6.24. The van der Waals surface area contributed by atoms with E-state index >= 15 is 0 Å². The number of fused-ring (bicyclic) bond motifs is 6. The van der Waals surface area contributed by atoms with Crippen molar-refractivity contribution in [2.75, 3.05) is 0 Å². The summed E-state index contributed by atoms with van der Waals surface area (Å²) in [7, 11) is 0. The van der Waals surface area contributed by atoms with Gasteiger partial charge in [0.1, 0.15) is 11.2 Å². The van der Waals surface area contributed by atoms with E-state index in [0.717, 1.165) is 6.07 Å². The van der Waals surface area contributed by atoms with Crippen LogP contribution in [-0.2, 0) is 0 Å². The molecule has 0 aliphatic rings. The van der Waals surface area contributed by atoms with Crippen molar-refractivity contribution < 1.29 is 44.2 Å². The van der Waals surface area contributed by atoms with E-state index < -0.39 is 274 Å². The lowest BCUT2D eigenvalue weighted by atomic mass is 9.85. The number of furan rings is 1. The first-order valence-corrected chi connectivity index (χ1v) is 14.5. The summed E-state index contributed by atoms with van der Waals surface area (Å²) in [6.07, 6.45) is 0. The molecule has 0 aliphatic heterocycles. The fourth-order valence-electron chi connectivity index (χ4n) is 5.87. The van der Waals surface area contributed by atoms with E-state index in [9.17, 15) is 12.3 Å². The smallest absolute Gasteiger partial charge is 0.143 e. The number of rotatable bonds is 4. The molecule has 0 radical (unpaired) electrons. The van der Waals surface area contributed by atoms with Gasteiger partial charge in [0.05, 0.1) is 39.8 Å². The first kappa shape index (κ1) is 11.3. The minimum atomic E-state index is -1.01. The van der Waals surface area contributed by atoms with Crippen molar-refractivity contribution in [1.82, 2.24) is 0 Å². The summed E-state index contributed by atoms with van der Waals surface area (Å²) in [6.45, 7) is 0. The zero-order chi connectivity index (χ0) is 57.5. The Kier molecular flexibility index (Phi) is 2.56. The third-order valence-corrected chi connectivity index (χ3v) is 7.94. The second-order valence-electron chi connectivity index (χ2n) is 10.6. The van der Waals surface area contributed by atoms with Crippen LogP contribution in [0.4, 0.5) is 0 Å². The zero-order valence-electron chi connectivity index (χ0n) is 53.5. The molecule has 10 rings (SSSR count). The fourth-order valence-corrected chi connectivity index (χ4v) is 5.87. The number of hydrogen-bond donors (Lipinski definition) is 0. The molecular weight excluding hydrogens is 593 g/mol. The summed E-state index contributed by atoms with van der Waals surface area (Å²) in [5.74, 6) is 0. The molecule has 1 aromatic heterocycles. The molecule has 9 aromatic carbocycles. The maximum atomic E-state index is 9.87. The molecule has 0 amide bonds. The summed E-state index contributed by atoms with van der Waals surface area (Å²) in [5.41, 5.74) is -7.06. The van der Waals surface area contributed by atoms with Gasteiger partial charge in [0.2, 0.25) is 0 Å². The molecule has 0 unspecified atom stereocenters. The third kappa shape index (κ3) is 4.40. The maximum Gasteiger partial charge on any atom is 0.143 e. The van der Waals surface area contributed by atoms with Crippen LogP contribution in [-0.4, -0.2) is 0 Å². The molecule has 0 saturated carbocycles.